The number of hydrazine groups is 1. The van der Waals surface area contributed by atoms with E-state index in [1.807, 2.05) is 6.07 Å². The molecule has 5 nitrogen and oxygen atoms in total. The number of thioether (sulfide) groups is 1. The first kappa shape index (κ1) is 16.2. The summed E-state index contributed by atoms with van der Waals surface area (Å²) in [6.07, 6.45) is 6.63. The molecule has 7 heteroatoms. The third kappa shape index (κ3) is 3.64. The Morgan fingerprint density at radius 1 is 1.21 bits per heavy atom. The Bertz CT molecular complexity index is 827. The van der Waals surface area contributed by atoms with Crippen LogP contribution >= 0.6 is 24.0 Å². The number of hydrogen-bond acceptors (Lipinski definition) is 5. The van der Waals surface area contributed by atoms with E-state index < -0.39 is 0 Å². The lowest BCUT2D eigenvalue weighted by atomic mass is 10.2. The van der Waals surface area contributed by atoms with Gasteiger partial charge in [-0.15, -0.1) is 0 Å². The van der Waals surface area contributed by atoms with Crippen molar-refractivity contribution < 1.29 is 14.0 Å². The predicted molar refractivity (Wildman–Crippen MR) is 96.8 cm³/mol. The molecular formula is C17H12N2O3S2. The van der Waals surface area contributed by atoms with Gasteiger partial charge in [-0.2, -0.15) is 5.01 Å². The SMILES string of the molecule is O=C(NN1C(=O)/C(=C\C=C\c2ccco2)SC1=S)c1ccccc1. The summed E-state index contributed by atoms with van der Waals surface area (Å²) in [5.41, 5.74) is 2.98. The van der Waals surface area contributed by atoms with Crippen molar-refractivity contribution in [1.82, 2.24) is 10.4 Å². The molecule has 0 atom stereocenters. The molecule has 24 heavy (non-hydrogen) atoms. The maximum atomic E-state index is 12.4. The van der Waals surface area contributed by atoms with Gasteiger partial charge in [0.05, 0.1) is 11.2 Å². The molecule has 1 N–H and O–H groups in total. The van der Waals surface area contributed by atoms with Crippen molar-refractivity contribution in [3.8, 4) is 0 Å². The standard InChI is InChI=1S/C17H12N2O3S2/c20-15(12-6-2-1-3-7-12)18-19-16(21)14(24-17(19)23)10-4-8-13-9-5-11-22-13/h1-11H,(H,18,20)/b8-4+,14-10+. The number of benzene rings is 1. The van der Waals surface area contributed by atoms with E-state index in [9.17, 15) is 9.59 Å². The molecule has 0 saturated carbocycles. The molecular weight excluding hydrogens is 344 g/mol. The molecule has 3 rings (SSSR count). The Morgan fingerprint density at radius 3 is 2.71 bits per heavy atom. The van der Waals surface area contributed by atoms with Crippen LogP contribution < -0.4 is 5.43 Å². The predicted octanol–water partition coefficient (Wildman–Crippen LogP) is 3.38. The molecule has 1 aromatic carbocycles. The highest BCUT2D eigenvalue weighted by Crippen LogP contribution is 2.29. The van der Waals surface area contributed by atoms with Crippen LogP contribution in [0, 0.1) is 0 Å². The summed E-state index contributed by atoms with van der Waals surface area (Å²) < 4.78 is 5.45. The quantitative estimate of drug-likeness (QED) is 0.672. The maximum absolute atomic E-state index is 12.4. The minimum absolute atomic E-state index is 0.280. The van der Waals surface area contributed by atoms with E-state index in [2.05, 4.69) is 5.43 Å². The fourth-order valence-electron chi connectivity index (χ4n) is 1.95. The molecule has 0 radical (unpaired) electrons. The monoisotopic (exact) mass is 356 g/mol. The first-order valence-electron chi connectivity index (χ1n) is 6.99. The summed E-state index contributed by atoms with van der Waals surface area (Å²) in [5.74, 6) is -0.0724. The van der Waals surface area contributed by atoms with E-state index in [1.54, 1.807) is 60.9 Å². The largest absolute Gasteiger partial charge is 0.465 e. The average Bonchev–Trinajstić information content (AvgIpc) is 3.20. The first-order chi connectivity index (χ1) is 11.6. The van der Waals surface area contributed by atoms with Gasteiger partial charge in [0.1, 0.15) is 5.76 Å². The fourth-order valence-corrected chi connectivity index (χ4v) is 3.08. The third-order valence-corrected chi connectivity index (χ3v) is 4.41. The van der Waals surface area contributed by atoms with Crippen molar-refractivity contribution >= 4 is 46.2 Å². The Hall–Kier alpha value is -2.64. The number of thiocarbonyl (C=S) groups is 1. The van der Waals surface area contributed by atoms with Gasteiger partial charge in [0.15, 0.2) is 4.32 Å². The summed E-state index contributed by atoms with van der Waals surface area (Å²) in [7, 11) is 0. The van der Waals surface area contributed by atoms with Gasteiger partial charge in [-0.3, -0.25) is 15.0 Å². The first-order valence-corrected chi connectivity index (χ1v) is 8.22. The lowest BCUT2D eigenvalue weighted by Crippen LogP contribution is -2.44. The summed E-state index contributed by atoms with van der Waals surface area (Å²) >= 11 is 6.29. The molecule has 0 bridgehead atoms. The molecule has 2 aromatic rings. The average molecular weight is 356 g/mol. The third-order valence-electron chi connectivity index (χ3n) is 3.09. The number of carbonyl (C=O) groups is 2. The highest BCUT2D eigenvalue weighted by molar-refractivity contribution is 8.26. The van der Waals surface area contributed by atoms with Crippen LogP contribution in [0.5, 0.6) is 0 Å². The lowest BCUT2D eigenvalue weighted by Gasteiger charge is -2.15. The van der Waals surface area contributed by atoms with Crippen molar-refractivity contribution in [2.75, 3.05) is 0 Å². The molecule has 1 fully saturated rings. The zero-order valence-electron chi connectivity index (χ0n) is 12.3. The van der Waals surface area contributed by atoms with Crippen LogP contribution in [0.25, 0.3) is 6.08 Å². The van der Waals surface area contributed by atoms with E-state index in [-0.39, 0.29) is 16.1 Å². The Morgan fingerprint density at radius 2 is 2.00 bits per heavy atom. The molecule has 2 amide bonds. The van der Waals surface area contributed by atoms with Gasteiger partial charge in [-0.05, 0) is 48.6 Å². The van der Waals surface area contributed by atoms with Gasteiger partial charge >= 0.3 is 0 Å². The normalized spacial score (nSPS) is 16.3. The highest BCUT2D eigenvalue weighted by atomic mass is 32.2. The lowest BCUT2D eigenvalue weighted by molar-refractivity contribution is -0.123. The molecule has 0 spiro atoms. The maximum Gasteiger partial charge on any atom is 0.285 e. The fraction of sp³-hybridized carbons (Fsp3) is 0. The van der Waals surface area contributed by atoms with E-state index in [4.69, 9.17) is 16.6 Å². The molecule has 2 heterocycles. The molecule has 1 saturated heterocycles. The van der Waals surface area contributed by atoms with Crippen LogP contribution in [-0.4, -0.2) is 21.1 Å². The van der Waals surface area contributed by atoms with Crippen LogP contribution in [0.1, 0.15) is 16.1 Å². The molecule has 1 aromatic heterocycles. The second-order valence-corrected chi connectivity index (χ2v) is 6.40. The number of nitrogens with one attached hydrogen (secondary N) is 1. The number of nitrogens with zero attached hydrogens (tertiary/aromatic N) is 1. The minimum Gasteiger partial charge on any atom is -0.465 e. The van der Waals surface area contributed by atoms with Crippen LogP contribution in [0.3, 0.4) is 0 Å². The van der Waals surface area contributed by atoms with E-state index in [1.165, 1.54) is 0 Å². The van der Waals surface area contributed by atoms with Crippen molar-refractivity contribution in [2.45, 2.75) is 0 Å². The van der Waals surface area contributed by atoms with Crippen LogP contribution in [0.2, 0.25) is 0 Å². The van der Waals surface area contributed by atoms with E-state index in [0.29, 0.717) is 16.2 Å². The Labute approximate surface area is 148 Å². The topological polar surface area (TPSA) is 62.6 Å². The Kier molecular flexibility index (Phi) is 4.93. The van der Waals surface area contributed by atoms with Gasteiger partial charge in [0.2, 0.25) is 0 Å². The van der Waals surface area contributed by atoms with E-state index >= 15 is 0 Å². The zero-order valence-corrected chi connectivity index (χ0v) is 14.0. The summed E-state index contributed by atoms with van der Waals surface area (Å²) in [4.78, 5) is 24.9. The number of carbonyl (C=O) groups excluding carboxylic acids is 2. The van der Waals surface area contributed by atoms with Crippen molar-refractivity contribution in [1.29, 1.82) is 0 Å². The molecule has 1 aliphatic rings. The van der Waals surface area contributed by atoms with E-state index in [0.717, 1.165) is 16.8 Å². The second kappa shape index (κ2) is 7.29. The van der Waals surface area contributed by atoms with Gasteiger partial charge in [-0.1, -0.05) is 36.0 Å². The van der Waals surface area contributed by atoms with Gasteiger partial charge < -0.3 is 4.42 Å². The summed E-state index contributed by atoms with van der Waals surface area (Å²) in [6.45, 7) is 0. The number of furan rings is 1. The van der Waals surface area contributed by atoms with Gasteiger partial charge in [0, 0.05) is 5.56 Å². The second-order valence-electron chi connectivity index (χ2n) is 4.72. The van der Waals surface area contributed by atoms with Crippen molar-refractivity contribution in [3.63, 3.8) is 0 Å². The van der Waals surface area contributed by atoms with Crippen molar-refractivity contribution in [2.24, 2.45) is 0 Å². The van der Waals surface area contributed by atoms with Gasteiger partial charge in [-0.25, -0.2) is 0 Å². The molecule has 120 valence electrons. The minimum atomic E-state index is -0.390. The van der Waals surface area contributed by atoms with Crippen LogP contribution in [0.4, 0.5) is 0 Å². The van der Waals surface area contributed by atoms with Crippen molar-refractivity contribution in [3.05, 3.63) is 77.1 Å². The van der Waals surface area contributed by atoms with Crippen LogP contribution in [-0.2, 0) is 4.79 Å². The van der Waals surface area contributed by atoms with Crippen LogP contribution in [0.15, 0.2) is 70.2 Å². The molecule has 0 unspecified atom stereocenters. The molecule has 1 aliphatic heterocycles. The number of allylic oxidation sites excluding steroid dienone is 2. The summed E-state index contributed by atoms with van der Waals surface area (Å²) in [6, 6.07) is 12.2. The number of hydrogen-bond donors (Lipinski definition) is 1. The summed E-state index contributed by atoms with van der Waals surface area (Å²) in [5, 5.41) is 1.09. The molecule has 0 aliphatic carbocycles. The zero-order chi connectivity index (χ0) is 16.9. The number of amides is 2. The highest BCUT2D eigenvalue weighted by Gasteiger charge is 2.33. The number of rotatable bonds is 4. The Balaban J connectivity index is 1.69. The van der Waals surface area contributed by atoms with Gasteiger partial charge in [0.25, 0.3) is 11.8 Å². The smallest absolute Gasteiger partial charge is 0.285 e.